The molecule has 0 aliphatic carbocycles. The van der Waals surface area contributed by atoms with Gasteiger partial charge in [0.2, 0.25) is 5.91 Å². The van der Waals surface area contributed by atoms with E-state index in [1.807, 2.05) is 32.6 Å². The Labute approximate surface area is 234 Å². The smallest absolute Gasteiger partial charge is 0.251 e. The van der Waals surface area contributed by atoms with Crippen molar-refractivity contribution in [2.45, 2.75) is 64.8 Å². The summed E-state index contributed by atoms with van der Waals surface area (Å²) in [5, 5.41) is 19.4. The van der Waals surface area contributed by atoms with Crippen LogP contribution in [0, 0.1) is 23.5 Å². The number of hydrogen-bond acceptors (Lipinski definition) is 5. The normalized spacial score (nSPS) is 18.9. The van der Waals surface area contributed by atoms with E-state index in [1.165, 1.54) is 48.5 Å². The van der Waals surface area contributed by atoms with Gasteiger partial charge in [0.25, 0.3) is 11.8 Å². The largest absolute Gasteiger partial charge is 0.390 e. The molecule has 1 heterocycles. The minimum atomic E-state index is -0.831. The molecule has 1 fully saturated rings. The van der Waals surface area contributed by atoms with E-state index < -0.39 is 41.6 Å². The zero-order valence-electron chi connectivity index (χ0n) is 23.5. The first kappa shape index (κ1) is 31.2. The molecule has 3 amide bonds. The van der Waals surface area contributed by atoms with Crippen LogP contribution in [0.5, 0.6) is 0 Å². The fraction of sp³-hybridized carbons (Fsp3) is 0.500. The van der Waals surface area contributed by atoms with Gasteiger partial charge in [-0.15, -0.1) is 0 Å². The molecule has 2 aromatic rings. The molecular weight excluding hydrogens is 518 g/mol. The van der Waals surface area contributed by atoms with Gasteiger partial charge in [-0.1, -0.05) is 27.7 Å². The molecule has 40 heavy (non-hydrogen) atoms. The molecule has 0 spiro atoms. The maximum atomic E-state index is 13.3. The first-order valence-corrected chi connectivity index (χ1v) is 13.7. The van der Waals surface area contributed by atoms with Crippen LogP contribution in [-0.2, 0) is 4.79 Å². The predicted octanol–water partition coefficient (Wildman–Crippen LogP) is 3.12. The highest BCUT2D eigenvalue weighted by molar-refractivity contribution is 5.97. The van der Waals surface area contributed by atoms with Crippen LogP contribution < -0.4 is 16.0 Å². The van der Waals surface area contributed by atoms with Crippen molar-refractivity contribution < 1.29 is 28.3 Å². The van der Waals surface area contributed by atoms with Crippen molar-refractivity contribution in [3.8, 4) is 0 Å². The molecular formula is C30H40F2N4O4. The van der Waals surface area contributed by atoms with E-state index in [-0.39, 0.29) is 23.4 Å². The second-order valence-electron chi connectivity index (χ2n) is 11.4. The number of nitrogens with one attached hydrogen (secondary N) is 3. The molecule has 2 unspecified atom stereocenters. The van der Waals surface area contributed by atoms with E-state index in [9.17, 15) is 28.3 Å². The van der Waals surface area contributed by atoms with E-state index in [0.717, 1.165) is 0 Å². The number of nitrogens with zero attached hydrogens (tertiary/aromatic N) is 1. The van der Waals surface area contributed by atoms with Crippen LogP contribution in [0.25, 0.3) is 0 Å². The van der Waals surface area contributed by atoms with Crippen LogP contribution in [0.15, 0.2) is 48.5 Å². The lowest BCUT2D eigenvalue weighted by Crippen LogP contribution is -2.53. The molecule has 2 aromatic carbocycles. The number of carbonyl (C=O) groups is 3. The Morgan fingerprint density at radius 2 is 1.32 bits per heavy atom. The SMILES string of the molecule is CC(C)C[C@@H](CN1CC(O)C(NC(=O)[C@H](CC(C)C)NC(=O)c2ccc(F)cc2)C1)NC(=O)c1ccc(F)cc1. The van der Waals surface area contributed by atoms with Gasteiger partial charge in [-0.3, -0.25) is 19.3 Å². The molecule has 1 aliphatic heterocycles. The van der Waals surface area contributed by atoms with Crippen LogP contribution in [0.4, 0.5) is 8.78 Å². The van der Waals surface area contributed by atoms with Gasteiger partial charge in [-0.2, -0.15) is 0 Å². The highest BCUT2D eigenvalue weighted by Crippen LogP contribution is 2.16. The quantitative estimate of drug-likeness (QED) is 0.320. The zero-order valence-corrected chi connectivity index (χ0v) is 23.5. The lowest BCUT2D eigenvalue weighted by Gasteiger charge is -2.26. The molecule has 4 N–H and O–H groups in total. The molecule has 4 atom stereocenters. The number of amides is 3. The monoisotopic (exact) mass is 558 g/mol. The Balaban J connectivity index is 1.61. The van der Waals surface area contributed by atoms with Crippen LogP contribution in [0.3, 0.4) is 0 Å². The summed E-state index contributed by atoms with van der Waals surface area (Å²) < 4.78 is 26.5. The third-order valence-electron chi connectivity index (χ3n) is 6.80. The van der Waals surface area contributed by atoms with Gasteiger partial charge in [0.1, 0.15) is 17.7 Å². The summed E-state index contributed by atoms with van der Waals surface area (Å²) in [6.07, 6.45) is 0.253. The second-order valence-corrected chi connectivity index (χ2v) is 11.4. The number of hydrogen-bond donors (Lipinski definition) is 4. The van der Waals surface area contributed by atoms with Crippen LogP contribution in [0.2, 0.25) is 0 Å². The van der Waals surface area contributed by atoms with Crippen molar-refractivity contribution in [3.05, 3.63) is 71.3 Å². The summed E-state index contributed by atoms with van der Waals surface area (Å²) in [4.78, 5) is 40.6. The zero-order chi connectivity index (χ0) is 29.4. The molecule has 0 radical (unpaired) electrons. The van der Waals surface area contributed by atoms with Gasteiger partial charge in [-0.25, -0.2) is 8.78 Å². The van der Waals surface area contributed by atoms with Crippen LogP contribution >= 0.6 is 0 Å². The van der Waals surface area contributed by atoms with Gasteiger partial charge in [-0.05, 0) is 73.2 Å². The number of rotatable bonds is 12. The summed E-state index contributed by atoms with van der Waals surface area (Å²) >= 11 is 0. The highest BCUT2D eigenvalue weighted by Gasteiger charge is 2.35. The first-order valence-electron chi connectivity index (χ1n) is 13.7. The topological polar surface area (TPSA) is 111 Å². The Morgan fingerprint density at radius 3 is 1.82 bits per heavy atom. The van der Waals surface area contributed by atoms with Crippen LogP contribution in [-0.4, -0.2) is 71.6 Å². The van der Waals surface area contributed by atoms with E-state index in [2.05, 4.69) is 16.0 Å². The lowest BCUT2D eigenvalue weighted by atomic mass is 10.0. The summed E-state index contributed by atoms with van der Waals surface area (Å²) in [5.74, 6) is -1.66. The standard InChI is InChI=1S/C30H40F2N4O4/c1-18(2)13-24(33-28(38)20-5-9-22(31)10-6-20)15-36-16-26(27(37)17-36)35-30(40)25(14-19(3)4)34-29(39)21-7-11-23(32)12-8-21/h5-12,18-19,24-27,37H,13-17H2,1-4H3,(H,33,38)(H,34,39)(H,35,40)/t24-,25-,26?,27?/m0/s1. The molecule has 0 aromatic heterocycles. The number of likely N-dealkylation sites (tertiary alicyclic amines) is 1. The molecule has 10 heteroatoms. The van der Waals surface area contributed by atoms with Crippen molar-refractivity contribution in [1.29, 1.82) is 0 Å². The Bertz CT molecular complexity index is 1140. The molecule has 1 saturated heterocycles. The number of β-amino-alcohol motifs (C(OH)–C–C–N with tert-alkyl or cyclic N) is 1. The Morgan fingerprint density at radius 1 is 0.825 bits per heavy atom. The van der Waals surface area contributed by atoms with Crippen molar-refractivity contribution in [3.63, 3.8) is 0 Å². The molecule has 0 bridgehead atoms. The van der Waals surface area contributed by atoms with Gasteiger partial charge in [0, 0.05) is 36.8 Å². The number of benzene rings is 2. The van der Waals surface area contributed by atoms with Crippen molar-refractivity contribution >= 4 is 17.7 Å². The summed E-state index contributed by atoms with van der Waals surface area (Å²) in [6.45, 7) is 9.11. The van der Waals surface area contributed by atoms with Crippen LogP contribution in [0.1, 0.15) is 61.3 Å². The summed E-state index contributed by atoms with van der Waals surface area (Å²) in [7, 11) is 0. The van der Waals surface area contributed by atoms with Gasteiger partial charge < -0.3 is 21.1 Å². The lowest BCUT2D eigenvalue weighted by molar-refractivity contribution is -0.124. The summed E-state index contributed by atoms with van der Waals surface area (Å²) in [5.41, 5.74) is 0.606. The maximum Gasteiger partial charge on any atom is 0.251 e. The van der Waals surface area contributed by atoms with E-state index >= 15 is 0 Å². The number of halogens is 2. The molecule has 3 rings (SSSR count). The minimum Gasteiger partial charge on any atom is -0.390 e. The van der Waals surface area contributed by atoms with Crippen molar-refractivity contribution in [2.24, 2.45) is 11.8 Å². The molecule has 218 valence electrons. The number of carbonyl (C=O) groups excluding carboxylic acids is 3. The number of aliphatic hydroxyl groups excluding tert-OH is 1. The average molecular weight is 559 g/mol. The fourth-order valence-electron chi connectivity index (χ4n) is 4.92. The highest BCUT2D eigenvalue weighted by atomic mass is 19.1. The van der Waals surface area contributed by atoms with E-state index in [4.69, 9.17) is 0 Å². The molecule has 8 nitrogen and oxygen atoms in total. The minimum absolute atomic E-state index is 0.107. The maximum absolute atomic E-state index is 13.3. The fourth-order valence-corrected chi connectivity index (χ4v) is 4.92. The van der Waals surface area contributed by atoms with Gasteiger partial charge in [0.15, 0.2) is 0 Å². The average Bonchev–Trinajstić information content (AvgIpc) is 3.21. The van der Waals surface area contributed by atoms with Crippen molar-refractivity contribution in [1.82, 2.24) is 20.9 Å². The number of aliphatic hydroxyl groups is 1. The van der Waals surface area contributed by atoms with Crippen molar-refractivity contribution in [2.75, 3.05) is 19.6 Å². The first-order chi connectivity index (χ1) is 18.9. The van der Waals surface area contributed by atoms with E-state index in [1.54, 1.807) is 0 Å². The predicted molar refractivity (Wildman–Crippen MR) is 149 cm³/mol. The third kappa shape index (κ3) is 9.38. The molecule has 0 saturated carbocycles. The second kappa shape index (κ2) is 14.3. The van der Waals surface area contributed by atoms with Gasteiger partial charge in [0.05, 0.1) is 12.1 Å². The Kier molecular flexibility index (Phi) is 11.2. The Hall–Kier alpha value is -3.37. The summed E-state index contributed by atoms with van der Waals surface area (Å²) in [6, 6.07) is 8.83. The van der Waals surface area contributed by atoms with E-state index in [0.29, 0.717) is 44.0 Å². The third-order valence-corrected chi connectivity index (χ3v) is 6.80. The molecule has 1 aliphatic rings. The van der Waals surface area contributed by atoms with Gasteiger partial charge >= 0.3 is 0 Å².